The van der Waals surface area contributed by atoms with Crippen LogP contribution in [-0.2, 0) is 11.2 Å². The summed E-state index contributed by atoms with van der Waals surface area (Å²) >= 11 is 0. The van der Waals surface area contributed by atoms with Gasteiger partial charge in [-0.05, 0) is 23.8 Å². The number of para-hydroxylation sites is 1. The lowest BCUT2D eigenvalue weighted by Gasteiger charge is -2.08. The van der Waals surface area contributed by atoms with E-state index in [0.29, 0.717) is 40.3 Å². The summed E-state index contributed by atoms with van der Waals surface area (Å²) in [5.74, 6) is -0.0899. The summed E-state index contributed by atoms with van der Waals surface area (Å²) in [6.07, 6.45) is 2.34. The number of ether oxygens (including phenoxy) is 2. The Morgan fingerprint density at radius 1 is 1.32 bits per heavy atom. The van der Waals surface area contributed by atoms with Crippen LogP contribution in [0, 0.1) is 0 Å². The highest BCUT2D eigenvalue weighted by Gasteiger charge is 2.20. The first-order valence-electron chi connectivity index (χ1n) is 7.79. The van der Waals surface area contributed by atoms with Gasteiger partial charge in [0.2, 0.25) is 0 Å². The average molecular weight is 337 g/mol. The van der Waals surface area contributed by atoms with Gasteiger partial charge in [-0.25, -0.2) is 9.78 Å². The van der Waals surface area contributed by atoms with Gasteiger partial charge in [-0.1, -0.05) is 12.1 Å². The number of hydrogen-bond acceptors (Lipinski definition) is 5. The third kappa shape index (κ3) is 2.69. The lowest BCUT2D eigenvalue weighted by molar-refractivity contribution is 0.0595. The Kier molecular flexibility index (Phi) is 3.61. The number of nitrogens with zero attached hydrogens (tertiary/aromatic N) is 1. The Balaban J connectivity index is 1.61. The molecule has 2 aromatic heterocycles. The predicted octanol–water partition coefficient (Wildman–Crippen LogP) is 2.54. The summed E-state index contributed by atoms with van der Waals surface area (Å²) in [4.78, 5) is 31.2. The van der Waals surface area contributed by atoms with E-state index in [2.05, 4.69) is 20.0 Å². The standard InChI is InChI=1S/C18H15N3O4/c1-24-18(23)14-8-11-7-12(9-19-16(11)21-14)20-17(22)13-4-2-3-10-5-6-25-15(10)13/h2-4,7-9H,5-6H2,1H3,(H,19,21)(H,20,22). The van der Waals surface area contributed by atoms with Crippen LogP contribution in [0.5, 0.6) is 5.75 Å². The van der Waals surface area contributed by atoms with Crippen LogP contribution in [0.15, 0.2) is 36.5 Å². The van der Waals surface area contributed by atoms with Crippen LogP contribution in [0.4, 0.5) is 5.69 Å². The van der Waals surface area contributed by atoms with Crippen molar-refractivity contribution in [2.24, 2.45) is 0 Å². The van der Waals surface area contributed by atoms with E-state index >= 15 is 0 Å². The lowest BCUT2D eigenvalue weighted by atomic mass is 10.1. The quantitative estimate of drug-likeness (QED) is 0.716. The van der Waals surface area contributed by atoms with E-state index in [4.69, 9.17) is 4.74 Å². The highest BCUT2D eigenvalue weighted by molar-refractivity contribution is 6.07. The second kappa shape index (κ2) is 5.94. The molecule has 1 amide bonds. The van der Waals surface area contributed by atoms with Crippen molar-refractivity contribution in [3.8, 4) is 5.75 Å². The van der Waals surface area contributed by atoms with Crippen LogP contribution in [0.25, 0.3) is 11.0 Å². The van der Waals surface area contributed by atoms with Gasteiger partial charge in [0.1, 0.15) is 17.1 Å². The molecular formula is C18H15N3O4. The molecule has 0 fully saturated rings. The van der Waals surface area contributed by atoms with Gasteiger partial charge in [-0.3, -0.25) is 4.79 Å². The molecule has 7 nitrogen and oxygen atoms in total. The van der Waals surface area contributed by atoms with E-state index < -0.39 is 5.97 Å². The van der Waals surface area contributed by atoms with Crippen molar-refractivity contribution in [1.82, 2.24) is 9.97 Å². The van der Waals surface area contributed by atoms with E-state index in [1.807, 2.05) is 12.1 Å². The molecule has 3 heterocycles. The Morgan fingerprint density at radius 3 is 3.04 bits per heavy atom. The lowest BCUT2D eigenvalue weighted by Crippen LogP contribution is -2.13. The number of esters is 1. The van der Waals surface area contributed by atoms with Crippen molar-refractivity contribution >= 4 is 28.6 Å². The minimum atomic E-state index is -0.472. The van der Waals surface area contributed by atoms with Gasteiger partial charge >= 0.3 is 5.97 Å². The summed E-state index contributed by atoms with van der Waals surface area (Å²) in [5, 5.41) is 3.52. The van der Waals surface area contributed by atoms with Gasteiger partial charge in [-0.15, -0.1) is 0 Å². The molecule has 0 unspecified atom stereocenters. The van der Waals surface area contributed by atoms with E-state index in [-0.39, 0.29) is 5.91 Å². The van der Waals surface area contributed by atoms with Crippen molar-refractivity contribution in [2.45, 2.75) is 6.42 Å². The Labute approximate surface area is 143 Å². The second-order valence-corrected chi connectivity index (χ2v) is 5.68. The fourth-order valence-corrected chi connectivity index (χ4v) is 2.90. The van der Waals surface area contributed by atoms with E-state index in [9.17, 15) is 9.59 Å². The predicted molar refractivity (Wildman–Crippen MR) is 91.0 cm³/mol. The number of aromatic nitrogens is 2. The number of pyridine rings is 1. The minimum absolute atomic E-state index is 0.261. The molecule has 4 rings (SSSR count). The zero-order valence-corrected chi connectivity index (χ0v) is 13.5. The maximum Gasteiger partial charge on any atom is 0.354 e. The molecule has 126 valence electrons. The van der Waals surface area contributed by atoms with Gasteiger partial charge in [0.05, 0.1) is 31.2 Å². The zero-order chi connectivity index (χ0) is 17.4. The minimum Gasteiger partial charge on any atom is -0.492 e. The number of aromatic amines is 1. The topological polar surface area (TPSA) is 93.3 Å². The number of nitrogens with one attached hydrogen (secondary N) is 2. The summed E-state index contributed by atoms with van der Waals surface area (Å²) in [5.41, 5.74) is 2.92. The monoisotopic (exact) mass is 337 g/mol. The molecule has 7 heteroatoms. The van der Waals surface area contributed by atoms with Crippen LogP contribution >= 0.6 is 0 Å². The van der Waals surface area contributed by atoms with Gasteiger partial charge in [0, 0.05) is 11.8 Å². The van der Waals surface area contributed by atoms with Gasteiger partial charge < -0.3 is 19.8 Å². The maximum absolute atomic E-state index is 12.6. The second-order valence-electron chi connectivity index (χ2n) is 5.68. The summed E-state index contributed by atoms with van der Waals surface area (Å²) in [6, 6.07) is 8.91. The fraction of sp³-hybridized carbons (Fsp3) is 0.167. The molecule has 2 N–H and O–H groups in total. The van der Waals surface area contributed by atoms with Crippen molar-refractivity contribution in [3.63, 3.8) is 0 Å². The largest absolute Gasteiger partial charge is 0.492 e. The molecule has 0 radical (unpaired) electrons. The van der Waals surface area contributed by atoms with Crippen LogP contribution in [-0.4, -0.2) is 35.6 Å². The number of carbonyl (C=O) groups excluding carboxylic acids is 2. The molecule has 1 aliphatic heterocycles. The first-order valence-corrected chi connectivity index (χ1v) is 7.79. The highest BCUT2D eigenvalue weighted by atomic mass is 16.5. The molecule has 1 aliphatic rings. The van der Waals surface area contributed by atoms with Gasteiger partial charge in [-0.2, -0.15) is 0 Å². The van der Waals surface area contributed by atoms with Crippen LogP contribution in [0.2, 0.25) is 0 Å². The maximum atomic E-state index is 12.6. The van der Waals surface area contributed by atoms with Crippen LogP contribution < -0.4 is 10.1 Å². The van der Waals surface area contributed by atoms with E-state index in [1.54, 1.807) is 18.2 Å². The number of amides is 1. The molecule has 0 aliphatic carbocycles. The molecule has 1 aromatic carbocycles. The molecule has 0 atom stereocenters. The molecule has 0 saturated carbocycles. The molecule has 0 spiro atoms. The summed E-state index contributed by atoms with van der Waals surface area (Å²) in [6.45, 7) is 0.590. The number of hydrogen-bond donors (Lipinski definition) is 2. The number of H-pyrrole nitrogens is 1. The number of fused-ring (bicyclic) bond motifs is 2. The number of carbonyl (C=O) groups is 2. The van der Waals surface area contributed by atoms with Crippen molar-refractivity contribution < 1.29 is 19.1 Å². The summed E-state index contributed by atoms with van der Waals surface area (Å²) in [7, 11) is 1.31. The number of anilines is 1. The zero-order valence-electron chi connectivity index (χ0n) is 13.5. The Morgan fingerprint density at radius 2 is 2.20 bits per heavy atom. The first-order chi connectivity index (χ1) is 12.2. The molecule has 0 bridgehead atoms. The summed E-state index contributed by atoms with van der Waals surface area (Å²) < 4.78 is 10.2. The molecular weight excluding hydrogens is 322 g/mol. The number of benzene rings is 1. The molecule has 3 aromatic rings. The third-order valence-electron chi connectivity index (χ3n) is 4.09. The van der Waals surface area contributed by atoms with Gasteiger partial charge in [0.25, 0.3) is 5.91 Å². The van der Waals surface area contributed by atoms with E-state index in [0.717, 1.165) is 12.0 Å². The smallest absolute Gasteiger partial charge is 0.354 e. The first kappa shape index (κ1) is 15.2. The number of methoxy groups -OCH3 is 1. The van der Waals surface area contributed by atoms with Crippen LogP contribution in [0.1, 0.15) is 26.4 Å². The average Bonchev–Trinajstić information content (AvgIpc) is 3.26. The van der Waals surface area contributed by atoms with Crippen LogP contribution in [0.3, 0.4) is 0 Å². The van der Waals surface area contributed by atoms with E-state index in [1.165, 1.54) is 13.3 Å². The van der Waals surface area contributed by atoms with Crippen molar-refractivity contribution in [1.29, 1.82) is 0 Å². The van der Waals surface area contributed by atoms with Crippen molar-refractivity contribution in [3.05, 3.63) is 53.3 Å². The third-order valence-corrected chi connectivity index (χ3v) is 4.09. The normalized spacial score (nSPS) is 12.5. The Bertz CT molecular complexity index is 993. The SMILES string of the molecule is COC(=O)c1cc2cc(NC(=O)c3cccc4c3OCC4)cnc2[nH]1. The highest BCUT2D eigenvalue weighted by Crippen LogP contribution is 2.30. The van der Waals surface area contributed by atoms with Crippen molar-refractivity contribution in [2.75, 3.05) is 19.0 Å². The molecule has 0 saturated heterocycles. The fourth-order valence-electron chi connectivity index (χ4n) is 2.90. The number of rotatable bonds is 3. The Hall–Kier alpha value is -3.35. The molecule has 25 heavy (non-hydrogen) atoms. The van der Waals surface area contributed by atoms with Gasteiger partial charge in [0.15, 0.2) is 0 Å².